The van der Waals surface area contributed by atoms with Crippen molar-refractivity contribution in [3.63, 3.8) is 0 Å². The van der Waals surface area contributed by atoms with Gasteiger partial charge in [0.25, 0.3) is 5.91 Å². The summed E-state index contributed by atoms with van der Waals surface area (Å²) in [6, 6.07) is 25.5. The molecule has 2 N–H and O–H groups in total. The molecule has 0 fully saturated rings. The molecular formula is C32H28F3N3O2S. The standard InChI is InChI=1S/C32H28F3N3O2S/c1-40-28-9-5-8-27(29(28)22-10-13-25(14-11-22)32(33,34)35)30(39)37-26-15-12-24-20-38(17-16-23(24)18-26)31(41)36-19-21-6-3-2-4-7-21/h2-15,18H,16-17,19-20H2,1H3,(H,36,41)(H,37,39). The van der Waals surface area contributed by atoms with Gasteiger partial charge in [0, 0.05) is 30.9 Å². The van der Waals surface area contributed by atoms with E-state index in [2.05, 4.69) is 27.7 Å². The van der Waals surface area contributed by atoms with Crippen molar-refractivity contribution >= 4 is 28.9 Å². The Hall–Kier alpha value is -4.37. The third-order valence-electron chi connectivity index (χ3n) is 7.04. The monoisotopic (exact) mass is 575 g/mol. The van der Waals surface area contributed by atoms with Gasteiger partial charge in [-0.2, -0.15) is 13.2 Å². The average molecular weight is 576 g/mol. The number of fused-ring (bicyclic) bond motifs is 1. The molecule has 4 aromatic carbocycles. The Morgan fingerprint density at radius 3 is 2.41 bits per heavy atom. The number of nitrogens with one attached hydrogen (secondary N) is 2. The van der Waals surface area contributed by atoms with Crippen molar-refractivity contribution in [1.82, 2.24) is 10.2 Å². The summed E-state index contributed by atoms with van der Waals surface area (Å²) < 4.78 is 44.7. The van der Waals surface area contributed by atoms with Crippen molar-refractivity contribution < 1.29 is 22.7 Å². The maximum atomic E-state index is 13.4. The minimum Gasteiger partial charge on any atom is -0.496 e. The highest BCUT2D eigenvalue weighted by Crippen LogP contribution is 2.36. The zero-order valence-corrected chi connectivity index (χ0v) is 23.1. The Morgan fingerprint density at radius 2 is 1.71 bits per heavy atom. The predicted molar refractivity (Wildman–Crippen MR) is 158 cm³/mol. The van der Waals surface area contributed by atoms with Crippen LogP contribution < -0.4 is 15.4 Å². The van der Waals surface area contributed by atoms with E-state index in [1.807, 2.05) is 36.4 Å². The normalized spacial score (nSPS) is 12.8. The second-order valence-electron chi connectivity index (χ2n) is 9.71. The van der Waals surface area contributed by atoms with Crippen LogP contribution in [0.2, 0.25) is 0 Å². The highest BCUT2D eigenvalue weighted by molar-refractivity contribution is 7.80. The number of benzene rings is 4. The third kappa shape index (κ3) is 6.52. The van der Waals surface area contributed by atoms with Gasteiger partial charge in [-0.3, -0.25) is 4.79 Å². The summed E-state index contributed by atoms with van der Waals surface area (Å²) in [6.07, 6.45) is -3.69. The summed E-state index contributed by atoms with van der Waals surface area (Å²) in [4.78, 5) is 15.6. The zero-order chi connectivity index (χ0) is 29.0. The first-order valence-corrected chi connectivity index (χ1v) is 13.5. The van der Waals surface area contributed by atoms with E-state index in [1.54, 1.807) is 18.2 Å². The van der Waals surface area contributed by atoms with E-state index in [9.17, 15) is 18.0 Å². The Balaban J connectivity index is 1.30. The molecule has 5 rings (SSSR count). The highest BCUT2D eigenvalue weighted by Gasteiger charge is 2.30. The van der Waals surface area contributed by atoms with Gasteiger partial charge in [0.15, 0.2) is 5.11 Å². The van der Waals surface area contributed by atoms with Crippen LogP contribution in [0.3, 0.4) is 0 Å². The minimum absolute atomic E-state index is 0.294. The number of rotatable bonds is 6. The van der Waals surface area contributed by atoms with Gasteiger partial charge in [-0.1, -0.05) is 54.6 Å². The molecule has 210 valence electrons. The number of halogens is 3. The number of nitrogens with zero attached hydrogens (tertiary/aromatic N) is 1. The van der Waals surface area contributed by atoms with Gasteiger partial charge in [0.1, 0.15) is 5.75 Å². The van der Waals surface area contributed by atoms with Crippen LogP contribution in [0.25, 0.3) is 11.1 Å². The summed E-state index contributed by atoms with van der Waals surface area (Å²) in [5.74, 6) is 0.00209. The lowest BCUT2D eigenvalue weighted by atomic mass is 9.96. The van der Waals surface area contributed by atoms with E-state index >= 15 is 0 Å². The van der Waals surface area contributed by atoms with E-state index in [1.165, 1.54) is 19.2 Å². The fraction of sp³-hybridized carbons (Fsp3) is 0.188. The van der Waals surface area contributed by atoms with Crippen LogP contribution in [0.4, 0.5) is 18.9 Å². The summed E-state index contributed by atoms with van der Waals surface area (Å²) in [5.41, 5.74) is 4.45. The number of amides is 1. The Bertz CT molecular complexity index is 1560. The van der Waals surface area contributed by atoms with Crippen molar-refractivity contribution in [2.45, 2.75) is 25.7 Å². The summed E-state index contributed by atoms with van der Waals surface area (Å²) in [6.45, 7) is 2.07. The first-order valence-electron chi connectivity index (χ1n) is 13.1. The van der Waals surface area contributed by atoms with Crippen molar-refractivity contribution in [1.29, 1.82) is 0 Å². The number of carbonyl (C=O) groups excluding carboxylic acids is 1. The Labute approximate surface area is 242 Å². The molecule has 0 aliphatic carbocycles. The van der Waals surface area contributed by atoms with Crippen LogP contribution >= 0.6 is 12.2 Å². The molecule has 0 bridgehead atoms. The van der Waals surface area contributed by atoms with E-state index in [-0.39, 0.29) is 5.91 Å². The molecule has 1 heterocycles. The molecule has 0 atom stereocenters. The van der Waals surface area contributed by atoms with Gasteiger partial charge in [0.05, 0.1) is 18.2 Å². The second-order valence-corrected chi connectivity index (χ2v) is 10.1. The first-order chi connectivity index (χ1) is 19.7. The number of hydrogen-bond acceptors (Lipinski definition) is 3. The Kier molecular flexibility index (Phi) is 8.26. The maximum absolute atomic E-state index is 13.4. The second kappa shape index (κ2) is 12.0. The van der Waals surface area contributed by atoms with Crippen LogP contribution in [0.15, 0.2) is 91.0 Å². The molecule has 41 heavy (non-hydrogen) atoms. The van der Waals surface area contributed by atoms with E-state index in [0.29, 0.717) is 46.3 Å². The lowest BCUT2D eigenvalue weighted by Crippen LogP contribution is -2.42. The molecule has 0 radical (unpaired) electrons. The lowest BCUT2D eigenvalue weighted by Gasteiger charge is -2.31. The quantitative estimate of drug-likeness (QED) is 0.241. The molecule has 5 nitrogen and oxygen atoms in total. The topological polar surface area (TPSA) is 53.6 Å². The van der Waals surface area contributed by atoms with E-state index in [0.717, 1.165) is 41.8 Å². The molecule has 4 aromatic rings. The molecule has 0 spiro atoms. The zero-order valence-electron chi connectivity index (χ0n) is 22.3. The number of thiocarbonyl (C=S) groups is 1. The molecule has 1 amide bonds. The summed E-state index contributed by atoms with van der Waals surface area (Å²) in [7, 11) is 1.46. The summed E-state index contributed by atoms with van der Waals surface area (Å²) >= 11 is 5.63. The fourth-order valence-electron chi connectivity index (χ4n) is 4.90. The predicted octanol–water partition coefficient (Wildman–Crippen LogP) is 7.07. The van der Waals surface area contributed by atoms with Gasteiger partial charge in [-0.25, -0.2) is 0 Å². The minimum atomic E-state index is -4.45. The van der Waals surface area contributed by atoms with Crippen LogP contribution in [-0.4, -0.2) is 29.6 Å². The fourth-order valence-corrected chi connectivity index (χ4v) is 5.13. The number of methoxy groups -OCH3 is 1. The number of hydrogen-bond donors (Lipinski definition) is 2. The third-order valence-corrected chi connectivity index (χ3v) is 7.44. The molecule has 0 saturated carbocycles. The molecular weight excluding hydrogens is 547 g/mol. The van der Waals surface area contributed by atoms with Gasteiger partial charge in [-0.15, -0.1) is 0 Å². The van der Waals surface area contributed by atoms with Gasteiger partial charge < -0.3 is 20.3 Å². The van der Waals surface area contributed by atoms with Gasteiger partial charge >= 0.3 is 6.18 Å². The van der Waals surface area contributed by atoms with E-state index in [4.69, 9.17) is 17.0 Å². The van der Waals surface area contributed by atoms with Crippen molar-refractivity contribution in [3.05, 3.63) is 119 Å². The molecule has 0 unspecified atom stereocenters. The van der Waals surface area contributed by atoms with E-state index < -0.39 is 11.7 Å². The molecule has 0 saturated heterocycles. The lowest BCUT2D eigenvalue weighted by molar-refractivity contribution is -0.137. The van der Waals surface area contributed by atoms with Crippen molar-refractivity contribution in [3.8, 4) is 16.9 Å². The van der Waals surface area contributed by atoms with Crippen LogP contribution in [0.1, 0.15) is 32.6 Å². The SMILES string of the molecule is COc1cccc(C(=O)Nc2ccc3c(c2)CCN(C(=S)NCc2ccccc2)C3)c1-c1ccc(C(F)(F)F)cc1. The highest BCUT2D eigenvalue weighted by atomic mass is 32.1. The maximum Gasteiger partial charge on any atom is 0.416 e. The molecule has 1 aliphatic rings. The van der Waals surface area contributed by atoms with Crippen LogP contribution in [-0.2, 0) is 25.7 Å². The number of alkyl halides is 3. The average Bonchev–Trinajstić information content (AvgIpc) is 2.99. The molecule has 0 aromatic heterocycles. The number of ether oxygens (including phenoxy) is 1. The van der Waals surface area contributed by atoms with Gasteiger partial charge in [0.2, 0.25) is 0 Å². The van der Waals surface area contributed by atoms with Crippen LogP contribution in [0, 0.1) is 0 Å². The van der Waals surface area contributed by atoms with Crippen molar-refractivity contribution in [2.75, 3.05) is 19.0 Å². The number of carbonyl (C=O) groups is 1. The first kappa shape index (κ1) is 28.2. The van der Waals surface area contributed by atoms with Crippen molar-refractivity contribution in [2.24, 2.45) is 0 Å². The smallest absolute Gasteiger partial charge is 0.416 e. The van der Waals surface area contributed by atoms with Gasteiger partial charge in [-0.05, 0) is 77.3 Å². The largest absolute Gasteiger partial charge is 0.496 e. The molecule has 9 heteroatoms. The molecule has 1 aliphatic heterocycles. The summed E-state index contributed by atoms with van der Waals surface area (Å²) in [5, 5.41) is 6.98. The number of anilines is 1. The van der Waals surface area contributed by atoms with Crippen LogP contribution in [0.5, 0.6) is 5.75 Å². The Morgan fingerprint density at radius 1 is 0.951 bits per heavy atom.